The maximum absolute atomic E-state index is 14.4. The summed E-state index contributed by atoms with van der Waals surface area (Å²) in [6.07, 6.45) is 4.67. The molecule has 2 aromatic rings. The first kappa shape index (κ1) is 14.9. The van der Waals surface area contributed by atoms with Gasteiger partial charge in [0.15, 0.2) is 23.5 Å². The summed E-state index contributed by atoms with van der Waals surface area (Å²) >= 11 is 0. The first-order valence-electron chi connectivity index (χ1n) is 7.56. The number of ether oxygens (including phenoxy) is 1. The molecule has 124 valence electrons. The van der Waals surface area contributed by atoms with Gasteiger partial charge in [-0.05, 0) is 24.4 Å². The molecule has 0 saturated heterocycles. The second kappa shape index (κ2) is 4.93. The first-order valence-corrected chi connectivity index (χ1v) is 7.56. The molecule has 1 saturated carbocycles. The average Bonchev–Trinajstić information content (AvgIpc) is 2.72. The van der Waals surface area contributed by atoms with Crippen molar-refractivity contribution in [3.63, 3.8) is 0 Å². The Bertz CT molecular complexity index is 963. The number of pyridine rings is 1. The Kier molecular flexibility index (Phi) is 3.06. The van der Waals surface area contributed by atoms with E-state index in [0.717, 1.165) is 19.3 Å². The van der Waals surface area contributed by atoms with Crippen molar-refractivity contribution in [2.45, 2.75) is 31.2 Å². The fourth-order valence-electron chi connectivity index (χ4n) is 3.71. The van der Waals surface area contributed by atoms with Gasteiger partial charge in [0.1, 0.15) is 5.52 Å². The Morgan fingerprint density at radius 3 is 2.58 bits per heavy atom. The van der Waals surface area contributed by atoms with E-state index < -0.39 is 39.4 Å². The molecule has 24 heavy (non-hydrogen) atoms. The lowest BCUT2D eigenvalue weighted by atomic mass is 9.74. The number of nitrogens with zero attached hydrogens (tertiary/aromatic N) is 2. The summed E-state index contributed by atoms with van der Waals surface area (Å²) in [6.45, 7) is 0.144. The van der Waals surface area contributed by atoms with Gasteiger partial charge < -0.3 is 9.30 Å². The lowest BCUT2D eigenvalue weighted by Gasteiger charge is -2.43. The van der Waals surface area contributed by atoms with Gasteiger partial charge in [-0.2, -0.15) is 4.39 Å². The van der Waals surface area contributed by atoms with Gasteiger partial charge in [0.05, 0.1) is 17.6 Å². The van der Waals surface area contributed by atoms with Crippen molar-refractivity contribution in [1.29, 1.82) is 0 Å². The SMILES string of the molecule is O=Cc1cn2c3c(c(F)c(F)c(N=O)c3c1=O)OCCC21CCC1. The second-order valence-electron chi connectivity index (χ2n) is 6.20. The molecule has 2 heterocycles. The largest absolute Gasteiger partial charge is 0.488 e. The van der Waals surface area contributed by atoms with Crippen LogP contribution < -0.4 is 10.2 Å². The Morgan fingerprint density at radius 2 is 2.00 bits per heavy atom. The third-order valence-electron chi connectivity index (χ3n) is 5.11. The van der Waals surface area contributed by atoms with Gasteiger partial charge in [-0.1, -0.05) is 0 Å². The van der Waals surface area contributed by atoms with Crippen LogP contribution in [0.1, 0.15) is 36.0 Å². The van der Waals surface area contributed by atoms with E-state index in [1.54, 1.807) is 4.57 Å². The van der Waals surface area contributed by atoms with Crippen molar-refractivity contribution in [1.82, 2.24) is 4.57 Å². The zero-order chi connectivity index (χ0) is 17.1. The molecule has 0 N–H and O–H groups in total. The maximum Gasteiger partial charge on any atom is 0.205 e. The van der Waals surface area contributed by atoms with Crippen LogP contribution in [0.15, 0.2) is 16.2 Å². The first-order chi connectivity index (χ1) is 11.5. The van der Waals surface area contributed by atoms with E-state index >= 15 is 0 Å². The molecule has 4 rings (SSSR count). The fourth-order valence-corrected chi connectivity index (χ4v) is 3.71. The molecule has 0 bridgehead atoms. The van der Waals surface area contributed by atoms with Crippen LogP contribution in [0.5, 0.6) is 5.75 Å². The standard InChI is InChI=1S/C16H12F2N2O4/c17-10-11(18)15-13-9(12(10)19-23)14(22)8(7-21)6-20(13)16(2-1-3-16)4-5-24-15/h6-7H,1-5H2. The summed E-state index contributed by atoms with van der Waals surface area (Å²) in [6, 6.07) is 0. The quantitative estimate of drug-likeness (QED) is 0.624. The van der Waals surface area contributed by atoms with Crippen LogP contribution >= 0.6 is 0 Å². The lowest BCUT2D eigenvalue weighted by Crippen LogP contribution is -2.41. The van der Waals surface area contributed by atoms with Crippen molar-refractivity contribution in [2.24, 2.45) is 5.18 Å². The number of carbonyl (C=O) groups excluding carboxylic acids is 1. The second-order valence-corrected chi connectivity index (χ2v) is 6.20. The third-order valence-corrected chi connectivity index (χ3v) is 5.11. The van der Waals surface area contributed by atoms with Gasteiger partial charge >= 0.3 is 0 Å². The van der Waals surface area contributed by atoms with E-state index in [-0.39, 0.29) is 17.7 Å². The molecule has 6 nitrogen and oxygen atoms in total. The lowest BCUT2D eigenvalue weighted by molar-refractivity contribution is 0.110. The number of halogens is 2. The molecule has 1 spiro atoms. The molecule has 1 fully saturated rings. The molecule has 1 aliphatic carbocycles. The third kappa shape index (κ3) is 1.68. The van der Waals surface area contributed by atoms with E-state index in [1.165, 1.54) is 6.20 Å². The van der Waals surface area contributed by atoms with Crippen LogP contribution in [0.3, 0.4) is 0 Å². The van der Waals surface area contributed by atoms with Gasteiger partial charge in [-0.3, -0.25) is 9.59 Å². The van der Waals surface area contributed by atoms with Gasteiger partial charge in [0.2, 0.25) is 11.2 Å². The Labute approximate surface area is 134 Å². The summed E-state index contributed by atoms with van der Waals surface area (Å²) in [7, 11) is 0. The Hall–Kier alpha value is -2.64. The molecule has 0 amide bonds. The zero-order valence-electron chi connectivity index (χ0n) is 12.5. The van der Waals surface area contributed by atoms with Crippen molar-refractivity contribution < 1.29 is 18.3 Å². The van der Waals surface area contributed by atoms with Crippen LogP contribution in [-0.2, 0) is 5.54 Å². The minimum Gasteiger partial charge on any atom is -0.488 e. The Balaban J connectivity index is 2.29. The molecular formula is C16H12F2N2O4. The number of aldehydes is 1. The number of benzene rings is 1. The van der Waals surface area contributed by atoms with Gasteiger partial charge in [0.25, 0.3) is 0 Å². The molecule has 1 aromatic carbocycles. The average molecular weight is 334 g/mol. The normalized spacial score (nSPS) is 17.9. The summed E-state index contributed by atoms with van der Waals surface area (Å²) in [5, 5.41) is 2.10. The highest BCUT2D eigenvalue weighted by Gasteiger charge is 2.43. The van der Waals surface area contributed by atoms with E-state index in [1.807, 2.05) is 0 Å². The van der Waals surface area contributed by atoms with Crippen LogP contribution in [0, 0.1) is 16.5 Å². The van der Waals surface area contributed by atoms with Crippen LogP contribution in [0.25, 0.3) is 10.9 Å². The fraction of sp³-hybridized carbons (Fsp3) is 0.375. The Morgan fingerprint density at radius 1 is 1.25 bits per heavy atom. The summed E-state index contributed by atoms with van der Waals surface area (Å²) in [5.74, 6) is -3.29. The number of rotatable bonds is 2. The molecule has 1 aliphatic heterocycles. The monoisotopic (exact) mass is 334 g/mol. The number of fused-ring (bicyclic) bond motifs is 1. The van der Waals surface area contributed by atoms with E-state index in [0.29, 0.717) is 12.7 Å². The van der Waals surface area contributed by atoms with Gasteiger partial charge in [0, 0.05) is 18.2 Å². The van der Waals surface area contributed by atoms with Crippen LogP contribution in [-0.4, -0.2) is 17.5 Å². The zero-order valence-corrected chi connectivity index (χ0v) is 12.5. The van der Waals surface area contributed by atoms with E-state index in [4.69, 9.17) is 4.74 Å². The molecule has 0 radical (unpaired) electrons. The van der Waals surface area contributed by atoms with Crippen LogP contribution in [0.2, 0.25) is 0 Å². The van der Waals surface area contributed by atoms with Gasteiger partial charge in [-0.25, -0.2) is 4.39 Å². The molecule has 2 aliphatic rings. The van der Waals surface area contributed by atoms with Crippen molar-refractivity contribution in [3.8, 4) is 5.75 Å². The highest BCUT2D eigenvalue weighted by atomic mass is 19.2. The summed E-state index contributed by atoms with van der Waals surface area (Å²) in [4.78, 5) is 34.8. The maximum atomic E-state index is 14.4. The van der Waals surface area contributed by atoms with Crippen molar-refractivity contribution in [2.75, 3.05) is 6.61 Å². The molecule has 8 heteroatoms. The summed E-state index contributed by atoms with van der Waals surface area (Å²) in [5.41, 5.74) is -2.44. The molecular weight excluding hydrogens is 322 g/mol. The number of nitroso groups, excluding NO2 is 1. The smallest absolute Gasteiger partial charge is 0.205 e. The molecule has 0 unspecified atom stereocenters. The predicted molar refractivity (Wildman–Crippen MR) is 80.9 cm³/mol. The predicted octanol–water partition coefficient (Wildman–Crippen LogP) is 3.15. The van der Waals surface area contributed by atoms with Crippen LogP contribution in [0.4, 0.5) is 14.5 Å². The number of hydrogen-bond acceptors (Lipinski definition) is 5. The number of carbonyl (C=O) groups is 1. The topological polar surface area (TPSA) is 77.7 Å². The van der Waals surface area contributed by atoms with Crippen molar-refractivity contribution >= 4 is 22.9 Å². The highest BCUT2D eigenvalue weighted by molar-refractivity contribution is 5.98. The van der Waals surface area contributed by atoms with Crippen molar-refractivity contribution in [3.05, 3.63) is 38.5 Å². The van der Waals surface area contributed by atoms with E-state index in [2.05, 4.69) is 5.18 Å². The summed E-state index contributed by atoms with van der Waals surface area (Å²) < 4.78 is 35.6. The minimum atomic E-state index is -1.54. The van der Waals surface area contributed by atoms with Gasteiger partial charge in [-0.15, -0.1) is 4.91 Å². The molecule has 1 aromatic heterocycles. The molecule has 0 atom stereocenters. The highest BCUT2D eigenvalue weighted by Crippen LogP contribution is 2.48. The minimum absolute atomic E-state index is 0.00343. The number of aromatic nitrogens is 1. The van der Waals surface area contributed by atoms with E-state index in [9.17, 15) is 23.3 Å². The number of hydrogen-bond donors (Lipinski definition) is 0.